The second-order valence-corrected chi connectivity index (χ2v) is 7.06. The molecule has 116 valence electrons. The molecule has 1 aliphatic heterocycles. The molecule has 0 radical (unpaired) electrons. The molecule has 1 aliphatic rings. The molecule has 1 fully saturated rings. The largest absolute Gasteiger partial charge is 0.389 e. The maximum atomic E-state index is 5.91. The fourth-order valence-electron chi connectivity index (χ4n) is 2.70. The van der Waals surface area contributed by atoms with E-state index in [4.69, 9.17) is 18.0 Å². The zero-order valence-corrected chi connectivity index (χ0v) is 14.4. The van der Waals surface area contributed by atoms with Crippen molar-refractivity contribution in [2.45, 2.75) is 40.2 Å². The summed E-state index contributed by atoms with van der Waals surface area (Å²) in [5.74, 6) is 0.833. The van der Waals surface area contributed by atoms with E-state index in [1.807, 2.05) is 13.8 Å². The molecule has 0 aromatic carbocycles. The minimum atomic E-state index is 0.201. The van der Waals surface area contributed by atoms with Crippen LogP contribution < -0.4 is 10.6 Å². The maximum Gasteiger partial charge on any atom is 0.161 e. The minimum absolute atomic E-state index is 0.201. The van der Waals surface area contributed by atoms with Crippen LogP contribution in [0.2, 0.25) is 0 Å². The summed E-state index contributed by atoms with van der Waals surface area (Å²) in [5, 5.41) is 8.61. The van der Waals surface area contributed by atoms with Crippen LogP contribution in [-0.2, 0) is 0 Å². The normalized spacial score (nSPS) is 17.1. The van der Waals surface area contributed by atoms with Gasteiger partial charge in [-0.15, -0.1) is 5.10 Å². The van der Waals surface area contributed by atoms with Crippen molar-refractivity contribution in [1.82, 2.24) is 15.1 Å². The van der Waals surface area contributed by atoms with Gasteiger partial charge in [0.1, 0.15) is 4.99 Å². The van der Waals surface area contributed by atoms with Crippen LogP contribution in [0.5, 0.6) is 0 Å². The van der Waals surface area contributed by atoms with Gasteiger partial charge in [0.25, 0.3) is 0 Å². The number of aromatic nitrogens is 2. The van der Waals surface area contributed by atoms with E-state index < -0.39 is 0 Å². The van der Waals surface area contributed by atoms with Gasteiger partial charge in [0.15, 0.2) is 5.82 Å². The number of hydrogen-bond donors (Lipinski definition) is 1. The van der Waals surface area contributed by atoms with Gasteiger partial charge in [-0.3, -0.25) is 4.90 Å². The third-order valence-corrected chi connectivity index (χ3v) is 4.41. The molecule has 0 unspecified atom stereocenters. The quantitative estimate of drug-likeness (QED) is 0.839. The highest BCUT2D eigenvalue weighted by Crippen LogP contribution is 2.24. The van der Waals surface area contributed by atoms with Gasteiger partial charge in [0, 0.05) is 31.7 Å². The van der Waals surface area contributed by atoms with Gasteiger partial charge in [-0.05, 0) is 40.2 Å². The standard InChI is InChI=1S/C15H25N5S/c1-10-11(2)17-18-14(12(10)13(16)21)19-6-8-20(9-7-19)15(3,4)5/h6-9H2,1-5H3,(H2,16,21). The van der Waals surface area contributed by atoms with Crippen LogP contribution in [0.25, 0.3) is 0 Å². The summed E-state index contributed by atoms with van der Waals surface area (Å²) in [6.45, 7) is 14.5. The first-order valence-corrected chi connectivity index (χ1v) is 7.76. The van der Waals surface area contributed by atoms with Crippen LogP contribution in [0.15, 0.2) is 0 Å². The molecule has 0 spiro atoms. The van der Waals surface area contributed by atoms with Crippen molar-refractivity contribution in [1.29, 1.82) is 0 Å². The summed E-state index contributed by atoms with van der Waals surface area (Å²) >= 11 is 5.22. The second-order valence-electron chi connectivity index (χ2n) is 6.62. The molecule has 0 saturated carbocycles. The smallest absolute Gasteiger partial charge is 0.161 e. The Hall–Kier alpha value is -1.27. The van der Waals surface area contributed by atoms with Crippen molar-refractivity contribution in [3.63, 3.8) is 0 Å². The zero-order valence-electron chi connectivity index (χ0n) is 13.6. The Morgan fingerprint density at radius 2 is 1.67 bits per heavy atom. The van der Waals surface area contributed by atoms with Crippen molar-refractivity contribution < 1.29 is 0 Å². The molecular weight excluding hydrogens is 282 g/mol. The molecule has 2 N–H and O–H groups in total. The fraction of sp³-hybridized carbons (Fsp3) is 0.667. The molecule has 1 saturated heterocycles. The van der Waals surface area contributed by atoms with Crippen LogP contribution in [-0.4, -0.2) is 51.8 Å². The van der Waals surface area contributed by atoms with Crippen molar-refractivity contribution in [2.24, 2.45) is 5.73 Å². The Kier molecular flexibility index (Phi) is 4.49. The monoisotopic (exact) mass is 307 g/mol. The lowest BCUT2D eigenvalue weighted by molar-refractivity contribution is 0.128. The molecule has 0 atom stereocenters. The summed E-state index contributed by atoms with van der Waals surface area (Å²) in [7, 11) is 0. The predicted molar refractivity (Wildman–Crippen MR) is 90.9 cm³/mol. The first-order valence-electron chi connectivity index (χ1n) is 7.35. The zero-order chi connectivity index (χ0) is 15.8. The average Bonchev–Trinajstić information content (AvgIpc) is 2.40. The van der Waals surface area contributed by atoms with E-state index in [0.717, 1.165) is 48.8 Å². The Labute approximate surface area is 132 Å². The number of nitrogens with zero attached hydrogens (tertiary/aromatic N) is 4. The van der Waals surface area contributed by atoms with Crippen LogP contribution in [0.1, 0.15) is 37.6 Å². The molecule has 2 heterocycles. The van der Waals surface area contributed by atoms with Crippen LogP contribution >= 0.6 is 12.2 Å². The summed E-state index contributed by atoms with van der Waals surface area (Å²) in [5.41, 5.74) is 8.91. The van der Waals surface area contributed by atoms with Crippen molar-refractivity contribution in [3.8, 4) is 0 Å². The maximum absolute atomic E-state index is 5.91. The van der Waals surface area contributed by atoms with E-state index in [2.05, 4.69) is 40.8 Å². The number of thiocarbonyl (C=S) groups is 1. The molecule has 6 heteroatoms. The summed E-state index contributed by atoms with van der Waals surface area (Å²) in [6, 6.07) is 0. The number of nitrogens with two attached hydrogens (primary N) is 1. The first-order chi connectivity index (χ1) is 9.71. The SMILES string of the molecule is Cc1nnc(N2CCN(C(C)(C)C)CC2)c(C(N)=S)c1C. The van der Waals surface area contributed by atoms with Gasteiger partial charge in [0.05, 0.1) is 11.3 Å². The topological polar surface area (TPSA) is 58.3 Å². The Bertz CT molecular complexity index is 542. The van der Waals surface area contributed by atoms with Gasteiger partial charge >= 0.3 is 0 Å². The molecule has 5 nitrogen and oxygen atoms in total. The molecule has 2 rings (SSSR count). The molecule has 1 aromatic rings. The van der Waals surface area contributed by atoms with Gasteiger partial charge in [-0.2, -0.15) is 5.10 Å². The summed E-state index contributed by atoms with van der Waals surface area (Å²) in [4.78, 5) is 5.13. The highest BCUT2D eigenvalue weighted by Gasteiger charge is 2.28. The lowest BCUT2D eigenvalue weighted by Gasteiger charge is -2.42. The number of anilines is 1. The van der Waals surface area contributed by atoms with Gasteiger partial charge < -0.3 is 10.6 Å². The first kappa shape index (κ1) is 16.1. The van der Waals surface area contributed by atoms with E-state index in [0.29, 0.717) is 4.99 Å². The lowest BCUT2D eigenvalue weighted by Crippen LogP contribution is -2.54. The van der Waals surface area contributed by atoms with Gasteiger partial charge in [-0.25, -0.2) is 0 Å². The van der Waals surface area contributed by atoms with Crippen molar-refractivity contribution in [3.05, 3.63) is 16.8 Å². The van der Waals surface area contributed by atoms with E-state index in [-0.39, 0.29) is 5.54 Å². The second kappa shape index (κ2) is 5.85. The molecule has 1 aromatic heterocycles. The third-order valence-electron chi connectivity index (χ3n) is 4.21. The molecule has 0 bridgehead atoms. The van der Waals surface area contributed by atoms with Crippen LogP contribution in [0.4, 0.5) is 5.82 Å². The van der Waals surface area contributed by atoms with Crippen molar-refractivity contribution >= 4 is 23.0 Å². The minimum Gasteiger partial charge on any atom is -0.389 e. The van der Waals surface area contributed by atoms with Crippen LogP contribution in [0, 0.1) is 13.8 Å². The molecule has 21 heavy (non-hydrogen) atoms. The van der Waals surface area contributed by atoms with E-state index in [1.54, 1.807) is 0 Å². The Morgan fingerprint density at radius 1 is 1.10 bits per heavy atom. The Balaban J connectivity index is 2.25. The number of piperazine rings is 1. The van der Waals surface area contributed by atoms with E-state index in [1.165, 1.54) is 0 Å². The fourth-order valence-corrected chi connectivity index (χ4v) is 2.95. The lowest BCUT2D eigenvalue weighted by atomic mass is 10.0. The average molecular weight is 307 g/mol. The van der Waals surface area contributed by atoms with Crippen LogP contribution in [0.3, 0.4) is 0 Å². The number of aryl methyl sites for hydroxylation is 1. The highest BCUT2D eigenvalue weighted by molar-refractivity contribution is 7.80. The molecular formula is C15H25N5S. The van der Waals surface area contributed by atoms with Gasteiger partial charge in [-0.1, -0.05) is 12.2 Å². The number of rotatable bonds is 2. The third kappa shape index (κ3) is 3.32. The molecule has 0 amide bonds. The predicted octanol–water partition coefficient (Wildman–Crippen LogP) is 1.65. The summed E-state index contributed by atoms with van der Waals surface area (Å²) in [6.07, 6.45) is 0. The van der Waals surface area contributed by atoms with E-state index in [9.17, 15) is 0 Å². The highest BCUT2D eigenvalue weighted by atomic mass is 32.1. The van der Waals surface area contributed by atoms with Crippen molar-refractivity contribution in [2.75, 3.05) is 31.1 Å². The summed E-state index contributed by atoms with van der Waals surface area (Å²) < 4.78 is 0. The Morgan fingerprint density at radius 3 is 2.14 bits per heavy atom. The molecule has 0 aliphatic carbocycles. The van der Waals surface area contributed by atoms with E-state index >= 15 is 0 Å². The number of hydrogen-bond acceptors (Lipinski definition) is 5. The van der Waals surface area contributed by atoms with Gasteiger partial charge in [0.2, 0.25) is 0 Å².